The zero-order chi connectivity index (χ0) is 22.2. The number of halogens is 1. The molecule has 2 saturated carbocycles. The molecule has 5 rings (SSSR count). The van der Waals surface area contributed by atoms with Crippen molar-refractivity contribution in [3.8, 4) is 0 Å². The zero-order valence-corrected chi connectivity index (χ0v) is 17.9. The van der Waals surface area contributed by atoms with Crippen molar-refractivity contribution in [3.63, 3.8) is 0 Å². The highest BCUT2D eigenvalue weighted by Crippen LogP contribution is 2.34. The van der Waals surface area contributed by atoms with Gasteiger partial charge in [-0.05, 0) is 49.8 Å². The number of hydrogen-bond donors (Lipinski definition) is 4. The summed E-state index contributed by atoms with van der Waals surface area (Å²) in [4.78, 5) is 21.0. The second-order valence-corrected chi connectivity index (χ2v) is 8.91. The van der Waals surface area contributed by atoms with E-state index < -0.39 is 11.7 Å². The van der Waals surface area contributed by atoms with Crippen molar-refractivity contribution < 1.29 is 9.18 Å². The average molecular weight is 438 g/mol. The molecule has 3 aromatic rings. The van der Waals surface area contributed by atoms with Crippen molar-refractivity contribution in [2.75, 3.05) is 10.6 Å². The van der Waals surface area contributed by atoms with Crippen molar-refractivity contribution in [1.82, 2.24) is 14.5 Å². The number of primary amides is 1. The Kier molecular flexibility index (Phi) is 5.42. The number of anilines is 3. The van der Waals surface area contributed by atoms with Crippen molar-refractivity contribution in [1.29, 1.82) is 0 Å². The van der Waals surface area contributed by atoms with E-state index in [4.69, 9.17) is 11.5 Å². The van der Waals surface area contributed by atoms with Gasteiger partial charge in [0.05, 0.1) is 11.3 Å². The molecule has 3 aromatic heterocycles. The van der Waals surface area contributed by atoms with Gasteiger partial charge in [0.2, 0.25) is 0 Å². The van der Waals surface area contributed by atoms with E-state index in [-0.39, 0.29) is 29.3 Å². The fourth-order valence-electron chi connectivity index (χ4n) is 4.44. The minimum atomic E-state index is -0.753. The lowest BCUT2D eigenvalue weighted by molar-refractivity contribution is 0.100. The summed E-state index contributed by atoms with van der Waals surface area (Å²) in [5.74, 6) is -0.400. The van der Waals surface area contributed by atoms with Gasteiger partial charge in [-0.3, -0.25) is 4.79 Å². The van der Waals surface area contributed by atoms with E-state index in [9.17, 15) is 9.18 Å². The third-order valence-electron chi connectivity index (χ3n) is 6.45. The summed E-state index contributed by atoms with van der Waals surface area (Å²) in [6, 6.07) is 4.79. The quantitative estimate of drug-likeness (QED) is 0.448. The molecular formula is C23H28FN7O. The van der Waals surface area contributed by atoms with Gasteiger partial charge in [-0.2, -0.15) is 0 Å². The van der Waals surface area contributed by atoms with E-state index >= 15 is 0 Å². The first-order valence-corrected chi connectivity index (χ1v) is 11.2. The minimum Gasteiger partial charge on any atom is -0.365 e. The Hall–Kier alpha value is -3.20. The molecule has 32 heavy (non-hydrogen) atoms. The molecule has 0 aromatic carbocycles. The van der Waals surface area contributed by atoms with Gasteiger partial charge in [0.1, 0.15) is 11.5 Å². The van der Waals surface area contributed by atoms with Gasteiger partial charge in [0.15, 0.2) is 11.6 Å². The molecule has 2 aliphatic rings. The summed E-state index contributed by atoms with van der Waals surface area (Å²) in [5, 5.41) is 7.23. The van der Waals surface area contributed by atoms with Crippen LogP contribution < -0.4 is 22.1 Å². The second kappa shape index (κ2) is 8.38. The van der Waals surface area contributed by atoms with E-state index in [0.29, 0.717) is 5.92 Å². The lowest BCUT2D eigenvalue weighted by Gasteiger charge is -2.30. The van der Waals surface area contributed by atoms with Crippen LogP contribution in [0, 0.1) is 11.7 Å². The molecule has 2 fully saturated rings. The SMILES string of the molecule is NC(=O)c1cc(F)c(N[C@@H]2CCCC[C@@H]2N)nc1Nc1ccnc2c1ccn2CC1CC1. The molecule has 168 valence electrons. The molecule has 2 atom stereocenters. The number of pyridine rings is 2. The second-order valence-electron chi connectivity index (χ2n) is 8.91. The van der Waals surface area contributed by atoms with Crippen LogP contribution in [0.15, 0.2) is 30.6 Å². The van der Waals surface area contributed by atoms with Gasteiger partial charge in [0, 0.05) is 36.4 Å². The van der Waals surface area contributed by atoms with E-state index in [1.165, 1.54) is 12.8 Å². The van der Waals surface area contributed by atoms with Crippen LogP contribution in [0.3, 0.4) is 0 Å². The van der Waals surface area contributed by atoms with Crippen LogP contribution in [-0.4, -0.2) is 32.5 Å². The average Bonchev–Trinajstić information content (AvgIpc) is 3.50. The largest absolute Gasteiger partial charge is 0.365 e. The first kappa shape index (κ1) is 20.7. The van der Waals surface area contributed by atoms with Crippen LogP contribution in [0.25, 0.3) is 11.0 Å². The fraction of sp³-hybridized carbons (Fsp3) is 0.435. The van der Waals surface area contributed by atoms with Crippen LogP contribution in [0.5, 0.6) is 0 Å². The maximum absolute atomic E-state index is 14.8. The standard InChI is InChI=1S/C23H28FN7O/c24-16-11-15(20(26)32)21(30-22(16)29-19-4-2-1-3-17(19)25)28-18-7-9-27-23-14(18)8-10-31(23)12-13-5-6-13/h7-11,13,17,19H,1-6,12,25H2,(H2,26,32)(H2,27,28,29,30)/t17-,19+/m0/s1. The third-order valence-corrected chi connectivity index (χ3v) is 6.45. The number of amides is 1. The molecular weight excluding hydrogens is 409 g/mol. The summed E-state index contributed by atoms with van der Waals surface area (Å²) in [5.41, 5.74) is 13.3. The maximum Gasteiger partial charge on any atom is 0.252 e. The number of carbonyl (C=O) groups excluding carboxylic acids is 1. The summed E-state index contributed by atoms with van der Waals surface area (Å²) < 4.78 is 16.9. The van der Waals surface area contributed by atoms with Gasteiger partial charge < -0.3 is 26.7 Å². The number of nitrogens with zero attached hydrogens (tertiary/aromatic N) is 3. The summed E-state index contributed by atoms with van der Waals surface area (Å²) in [6.45, 7) is 0.941. The Morgan fingerprint density at radius 3 is 2.75 bits per heavy atom. The van der Waals surface area contributed by atoms with E-state index in [0.717, 1.165) is 55.0 Å². The number of carbonyl (C=O) groups is 1. The lowest BCUT2D eigenvalue weighted by Crippen LogP contribution is -2.43. The smallest absolute Gasteiger partial charge is 0.252 e. The van der Waals surface area contributed by atoms with E-state index in [1.54, 1.807) is 6.20 Å². The number of hydrogen-bond acceptors (Lipinski definition) is 6. The molecule has 8 nitrogen and oxygen atoms in total. The van der Waals surface area contributed by atoms with Gasteiger partial charge in [0.25, 0.3) is 5.91 Å². The lowest BCUT2D eigenvalue weighted by atomic mass is 9.91. The molecule has 2 aliphatic carbocycles. The Balaban J connectivity index is 1.48. The number of aromatic nitrogens is 3. The highest BCUT2D eigenvalue weighted by Gasteiger charge is 2.25. The fourth-order valence-corrected chi connectivity index (χ4v) is 4.44. The van der Waals surface area contributed by atoms with Crippen molar-refractivity contribution in [3.05, 3.63) is 42.0 Å². The Morgan fingerprint density at radius 2 is 2.00 bits per heavy atom. The molecule has 0 spiro atoms. The molecule has 1 amide bonds. The van der Waals surface area contributed by atoms with E-state index in [1.807, 2.05) is 18.3 Å². The van der Waals surface area contributed by atoms with Gasteiger partial charge in [-0.15, -0.1) is 0 Å². The Bertz CT molecular complexity index is 1160. The molecule has 3 heterocycles. The monoisotopic (exact) mass is 437 g/mol. The molecule has 0 aliphatic heterocycles. The summed E-state index contributed by atoms with van der Waals surface area (Å²) >= 11 is 0. The van der Waals surface area contributed by atoms with Crippen LogP contribution in [0.4, 0.5) is 21.7 Å². The molecule has 0 bridgehead atoms. The highest BCUT2D eigenvalue weighted by molar-refractivity contribution is 6.00. The number of nitrogens with two attached hydrogens (primary N) is 2. The number of fused-ring (bicyclic) bond motifs is 1. The predicted molar refractivity (Wildman–Crippen MR) is 122 cm³/mol. The van der Waals surface area contributed by atoms with Gasteiger partial charge in [-0.1, -0.05) is 12.8 Å². The normalized spacial score (nSPS) is 20.9. The first-order chi connectivity index (χ1) is 15.5. The predicted octanol–water partition coefficient (Wildman–Crippen LogP) is 3.50. The van der Waals surface area contributed by atoms with Crippen molar-refractivity contribution in [2.45, 2.75) is 57.2 Å². The van der Waals surface area contributed by atoms with Crippen LogP contribution in [0.1, 0.15) is 48.9 Å². The highest BCUT2D eigenvalue weighted by atomic mass is 19.1. The molecule has 0 radical (unpaired) electrons. The molecule has 0 unspecified atom stereocenters. The van der Waals surface area contributed by atoms with Crippen LogP contribution in [-0.2, 0) is 6.54 Å². The van der Waals surface area contributed by atoms with Crippen LogP contribution in [0.2, 0.25) is 0 Å². The zero-order valence-electron chi connectivity index (χ0n) is 17.9. The Labute approximate surface area is 185 Å². The van der Waals surface area contributed by atoms with Gasteiger partial charge in [-0.25, -0.2) is 14.4 Å². The summed E-state index contributed by atoms with van der Waals surface area (Å²) in [6.07, 6.45) is 10.1. The van der Waals surface area contributed by atoms with Crippen molar-refractivity contribution in [2.24, 2.45) is 17.4 Å². The molecule has 9 heteroatoms. The minimum absolute atomic E-state index is 0.0108. The molecule has 0 saturated heterocycles. The Morgan fingerprint density at radius 1 is 1.19 bits per heavy atom. The first-order valence-electron chi connectivity index (χ1n) is 11.2. The van der Waals surface area contributed by atoms with Crippen molar-refractivity contribution >= 4 is 34.3 Å². The number of rotatable bonds is 7. The third kappa shape index (κ3) is 4.12. The topological polar surface area (TPSA) is 124 Å². The molecule has 6 N–H and O–H groups in total. The van der Waals surface area contributed by atoms with E-state index in [2.05, 4.69) is 25.2 Å². The summed E-state index contributed by atoms with van der Waals surface area (Å²) in [7, 11) is 0. The van der Waals surface area contributed by atoms with Crippen LogP contribution >= 0.6 is 0 Å². The number of nitrogens with one attached hydrogen (secondary N) is 2. The van der Waals surface area contributed by atoms with Gasteiger partial charge >= 0.3 is 0 Å². The maximum atomic E-state index is 14.8.